The zero-order valence-corrected chi connectivity index (χ0v) is 16.9. The van der Waals surface area contributed by atoms with Gasteiger partial charge in [-0.25, -0.2) is 0 Å². The van der Waals surface area contributed by atoms with E-state index in [2.05, 4.69) is 36.2 Å². The molecule has 5 nitrogen and oxygen atoms in total. The average molecular weight is 383 g/mol. The molecule has 0 aromatic heterocycles. The number of anilines is 1. The number of aliphatic hydroxyl groups is 1. The van der Waals surface area contributed by atoms with E-state index in [9.17, 15) is 14.7 Å². The summed E-state index contributed by atoms with van der Waals surface area (Å²) in [7, 11) is 0. The molecule has 2 aromatic carbocycles. The highest BCUT2D eigenvalue weighted by atomic mass is 16.3. The van der Waals surface area contributed by atoms with Crippen molar-refractivity contribution in [2.45, 2.75) is 39.8 Å². The van der Waals surface area contributed by atoms with Crippen molar-refractivity contribution in [3.05, 3.63) is 65.7 Å². The summed E-state index contributed by atoms with van der Waals surface area (Å²) < 4.78 is 0. The third kappa shape index (κ3) is 6.59. The third-order valence-corrected chi connectivity index (χ3v) is 4.86. The fraction of sp³-hybridized carbons (Fsp3) is 0.391. The van der Waals surface area contributed by atoms with Gasteiger partial charge in [0.25, 0.3) is 0 Å². The number of carbonyl (C=O) groups excluding carboxylic acids is 2. The van der Waals surface area contributed by atoms with Crippen LogP contribution in [0.2, 0.25) is 0 Å². The first-order chi connectivity index (χ1) is 13.4. The van der Waals surface area contributed by atoms with Crippen LogP contribution in [0, 0.1) is 5.92 Å². The molecular formula is C23H30N2O3. The standard InChI is InChI=1S/C23H30N2O3/c1-17(2)22(16-26)25(15-19-7-5-4-6-8-19)14-13-23(28)24-21-11-9-20(10-12-21)18(3)27/h4-12,17,22,26H,13-16H2,1-3H3,(H,24,28). The fourth-order valence-electron chi connectivity index (χ4n) is 3.18. The predicted octanol–water partition coefficient (Wildman–Crippen LogP) is 3.74. The summed E-state index contributed by atoms with van der Waals surface area (Å²) >= 11 is 0. The number of benzene rings is 2. The molecule has 28 heavy (non-hydrogen) atoms. The maximum Gasteiger partial charge on any atom is 0.225 e. The predicted molar refractivity (Wildman–Crippen MR) is 112 cm³/mol. The lowest BCUT2D eigenvalue weighted by atomic mass is 10.0. The third-order valence-electron chi connectivity index (χ3n) is 4.86. The van der Waals surface area contributed by atoms with Gasteiger partial charge in [-0.05, 0) is 42.7 Å². The van der Waals surface area contributed by atoms with Crippen molar-refractivity contribution >= 4 is 17.4 Å². The van der Waals surface area contributed by atoms with E-state index in [1.807, 2.05) is 18.2 Å². The van der Waals surface area contributed by atoms with Crippen molar-refractivity contribution in [3.63, 3.8) is 0 Å². The molecule has 1 amide bonds. The zero-order chi connectivity index (χ0) is 20.5. The second-order valence-corrected chi connectivity index (χ2v) is 7.38. The molecule has 0 aliphatic carbocycles. The summed E-state index contributed by atoms with van der Waals surface area (Å²) in [5.41, 5.74) is 2.45. The molecule has 0 saturated carbocycles. The van der Waals surface area contributed by atoms with Gasteiger partial charge < -0.3 is 10.4 Å². The van der Waals surface area contributed by atoms with Gasteiger partial charge in [0.2, 0.25) is 5.91 Å². The molecular weight excluding hydrogens is 352 g/mol. The van der Waals surface area contributed by atoms with Gasteiger partial charge in [0.1, 0.15) is 0 Å². The Hall–Kier alpha value is -2.50. The Kier molecular flexibility index (Phi) is 8.36. The minimum absolute atomic E-state index is 0.00170. The molecule has 0 aliphatic rings. The molecule has 2 rings (SSSR count). The molecule has 1 unspecified atom stereocenters. The maximum atomic E-state index is 12.4. The zero-order valence-electron chi connectivity index (χ0n) is 16.9. The summed E-state index contributed by atoms with van der Waals surface area (Å²) in [6, 6.07) is 17.0. The summed E-state index contributed by atoms with van der Waals surface area (Å²) in [6.07, 6.45) is 0.324. The molecule has 0 fully saturated rings. The Morgan fingerprint density at radius 3 is 2.21 bits per heavy atom. The van der Waals surface area contributed by atoms with Crippen LogP contribution in [0.15, 0.2) is 54.6 Å². The number of nitrogens with zero attached hydrogens (tertiary/aromatic N) is 1. The van der Waals surface area contributed by atoms with Gasteiger partial charge in [0, 0.05) is 36.8 Å². The molecule has 5 heteroatoms. The van der Waals surface area contributed by atoms with E-state index in [4.69, 9.17) is 0 Å². The first kappa shape index (κ1) is 21.8. The van der Waals surface area contributed by atoms with E-state index in [0.717, 1.165) is 5.56 Å². The van der Waals surface area contributed by atoms with Gasteiger partial charge >= 0.3 is 0 Å². The number of nitrogens with one attached hydrogen (secondary N) is 1. The molecule has 0 spiro atoms. The van der Waals surface area contributed by atoms with Crippen molar-refractivity contribution in [1.82, 2.24) is 4.90 Å². The molecule has 1 atom stereocenters. The second-order valence-electron chi connectivity index (χ2n) is 7.38. The summed E-state index contributed by atoms with van der Waals surface area (Å²) in [5, 5.41) is 12.7. The minimum Gasteiger partial charge on any atom is -0.395 e. The van der Waals surface area contributed by atoms with Gasteiger partial charge in [0.05, 0.1) is 6.61 Å². The lowest BCUT2D eigenvalue weighted by Crippen LogP contribution is -2.42. The Labute approximate surface area is 167 Å². The van der Waals surface area contributed by atoms with Gasteiger partial charge in [-0.3, -0.25) is 14.5 Å². The van der Waals surface area contributed by atoms with Gasteiger partial charge in [-0.1, -0.05) is 44.2 Å². The average Bonchev–Trinajstić information content (AvgIpc) is 2.67. The van der Waals surface area contributed by atoms with Crippen LogP contribution in [0.3, 0.4) is 0 Å². The van der Waals surface area contributed by atoms with Crippen LogP contribution < -0.4 is 5.32 Å². The molecule has 0 heterocycles. The number of rotatable bonds is 10. The van der Waals surface area contributed by atoms with Crippen molar-refractivity contribution in [1.29, 1.82) is 0 Å². The van der Waals surface area contributed by atoms with Crippen molar-refractivity contribution in [2.24, 2.45) is 5.92 Å². The number of ketones is 1. The minimum atomic E-state index is -0.0888. The Bertz CT molecular complexity index is 757. The Morgan fingerprint density at radius 1 is 1.04 bits per heavy atom. The van der Waals surface area contributed by atoms with E-state index in [1.54, 1.807) is 24.3 Å². The highest BCUT2D eigenvalue weighted by Gasteiger charge is 2.22. The van der Waals surface area contributed by atoms with Crippen LogP contribution in [0.4, 0.5) is 5.69 Å². The smallest absolute Gasteiger partial charge is 0.225 e. The number of carbonyl (C=O) groups is 2. The quantitative estimate of drug-likeness (QED) is 0.614. The van der Waals surface area contributed by atoms with Crippen LogP contribution in [0.25, 0.3) is 0 Å². The van der Waals surface area contributed by atoms with Gasteiger partial charge in [-0.2, -0.15) is 0 Å². The SMILES string of the molecule is CC(=O)c1ccc(NC(=O)CCN(Cc2ccccc2)C(CO)C(C)C)cc1. The molecule has 0 aliphatic heterocycles. The number of hydrogen-bond acceptors (Lipinski definition) is 4. The summed E-state index contributed by atoms with van der Waals surface area (Å²) in [5.74, 6) is 0.183. The van der Waals surface area contributed by atoms with E-state index < -0.39 is 0 Å². The molecule has 0 bridgehead atoms. The van der Waals surface area contributed by atoms with Crippen LogP contribution in [-0.4, -0.2) is 40.9 Å². The Morgan fingerprint density at radius 2 is 1.68 bits per heavy atom. The largest absolute Gasteiger partial charge is 0.395 e. The van der Waals surface area contributed by atoms with Crippen LogP contribution in [0.5, 0.6) is 0 Å². The van der Waals surface area contributed by atoms with Crippen molar-refractivity contribution in [2.75, 3.05) is 18.5 Å². The molecule has 2 N–H and O–H groups in total. The van der Waals surface area contributed by atoms with Gasteiger partial charge in [0.15, 0.2) is 5.78 Å². The van der Waals surface area contributed by atoms with Gasteiger partial charge in [-0.15, -0.1) is 0 Å². The topological polar surface area (TPSA) is 69.6 Å². The van der Waals surface area contributed by atoms with Crippen molar-refractivity contribution < 1.29 is 14.7 Å². The fourth-order valence-corrected chi connectivity index (χ4v) is 3.18. The normalized spacial score (nSPS) is 12.2. The lowest BCUT2D eigenvalue weighted by molar-refractivity contribution is -0.116. The summed E-state index contributed by atoms with van der Waals surface area (Å²) in [6.45, 7) is 6.96. The monoisotopic (exact) mass is 382 g/mol. The van der Waals surface area contributed by atoms with Crippen LogP contribution in [-0.2, 0) is 11.3 Å². The molecule has 0 radical (unpaired) electrons. The summed E-state index contributed by atoms with van der Waals surface area (Å²) in [4.78, 5) is 25.9. The highest BCUT2D eigenvalue weighted by molar-refractivity contribution is 5.95. The molecule has 2 aromatic rings. The van der Waals surface area contributed by atoms with Crippen molar-refractivity contribution in [3.8, 4) is 0 Å². The first-order valence-corrected chi connectivity index (χ1v) is 9.70. The van der Waals surface area contributed by atoms with E-state index >= 15 is 0 Å². The Balaban J connectivity index is 1.98. The number of hydrogen-bond donors (Lipinski definition) is 2. The van der Waals surface area contributed by atoms with Crippen LogP contribution >= 0.6 is 0 Å². The number of aliphatic hydroxyl groups excluding tert-OH is 1. The maximum absolute atomic E-state index is 12.4. The number of Topliss-reactive ketones (excluding diaryl/α,β-unsaturated/α-hetero) is 1. The lowest BCUT2D eigenvalue weighted by Gasteiger charge is -2.33. The van der Waals surface area contributed by atoms with E-state index in [-0.39, 0.29) is 30.3 Å². The van der Waals surface area contributed by atoms with Crippen LogP contribution in [0.1, 0.15) is 43.1 Å². The molecule has 150 valence electrons. The molecule has 0 saturated heterocycles. The number of amides is 1. The first-order valence-electron chi connectivity index (χ1n) is 9.70. The second kappa shape index (κ2) is 10.7. The van der Waals surface area contributed by atoms with E-state index in [1.165, 1.54) is 6.92 Å². The highest BCUT2D eigenvalue weighted by Crippen LogP contribution is 2.16. The van der Waals surface area contributed by atoms with E-state index in [0.29, 0.717) is 30.8 Å².